The number of imidazole rings is 1. The number of rotatable bonds is 5. The summed E-state index contributed by atoms with van der Waals surface area (Å²) < 4.78 is 43.6. The molecule has 10 nitrogen and oxygen atoms in total. The Hall–Kier alpha value is -4.35. The molecular formula is C31H35F2N7O3. The molecule has 0 unspecified atom stereocenters. The Labute approximate surface area is 248 Å². The molecule has 6 rings (SSSR count). The number of nitrogens with one attached hydrogen (secondary N) is 1. The molecule has 0 spiro atoms. The highest BCUT2D eigenvalue weighted by atomic mass is 19.1. The van der Waals surface area contributed by atoms with Gasteiger partial charge in [0, 0.05) is 43.5 Å². The molecular weight excluding hydrogens is 556 g/mol. The van der Waals surface area contributed by atoms with Crippen LogP contribution < -0.4 is 10.1 Å². The van der Waals surface area contributed by atoms with Gasteiger partial charge in [0.15, 0.2) is 11.6 Å². The number of aryl methyl sites for hydroxylation is 1. The molecule has 2 aliphatic rings. The maximum absolute atomic E-state index is 15.1. The number of fused-ring (bicyclic) bond motifs is 3. The van der Waals surface area contributed by atoms with Crippen LogP contribution in [-0.4, -0.2) is 60.3 Å². The van der Waals surface area contributed by atoms with Crippen LogP contribution in [-0.2, 0) is 16.7 Å². The summed E-state index contributed by atoms with van der Waals surface area (Å²) in [4.78, 5) is 31.3. The largest absolute Gasteiger partial charge is 0.489 e. The minimum Gasteiger partial charge on any atom is -0.489 e. The number of likely N-dealkylation sites (tertiary alicyclic amines) is 1. The van der Waals surface area contributed by atoms with Gasteiger partial charge in [-0.25, -0.2) is 33.5 Å². The summed E-state index contributed by atoms with van der Waals surface area (Å²) in [5, 5.41) is 2.99. The fourth-order valence-corrected chi connectivity index (χ4v) is 5.64. The van der Waals surface area contributed by atoms with E-state index in [0.717, 1.165) is 24.9 Å². The summed E-state index contributed by atoms with van der Waals surface area (Å²) in [5.41, 5.74) is 0.420. The minimum absolute atomic E-state index is 0.0256. The number of ether oxygens (including phenoxy) is 2. The minimum atomic E-state index is -0.667. The fourth-order valence-electron chi connectivity index (χ4n) is 5.64. The molecule has 0 atom stereocenters. The monoisotopic (exact) mass is 591 g/mol. The van der Waals surface area contributed by atoms with Crippen LogP contribution in [0.5, 0.6) is 5.75 Å². The standard InChI is InChI=1S/C31H35F2N7O3/c1-30(2,3)43-29(41)39-12-9-19(10-13-39)42-20-6-7-24(34-16-20)36-28-35-17-22(33)26(38-28)18-14-21(32)27-23(15-18)40-25(37-27)8-11-31(40,4)5/h6-7,14-17,19H,8-13H2,1-5H3,(H,34,35,36,38). The van der Waals surface area contributed by atoms with Gasteiger partial charge in [-0.3, -0.25) is 0 Å². The van der Waals surface area contributed by atoms with Gasteiger partial charge in [0.05, 0.1) is 17.9 Å². The van der Waals surface area contributed by atoms with Crippen LogP contribution in [0.2, 0.25) is 0 Å². The van der Waals surface area contributed by atoms with E-state index in [-0.39, 0.29) is 34.9 Å². The maximum Gasteiger partial charge on any atom is 0.410 e. The predicted octanol–water partition coefficient (Wildman–Crippen LogP) is 6.37. The lowest BCUT2D eigenvalue weighted by molar-refractivity contribution is 0.0126. The number of halogens is 2. The number of hydrogen-bond acceptors (Lipinski definition) is 8. The Balaban J connectivity index is 1.13. The van der Waals surface area contributed by atoms with Crippen molar-refractivity contribution in [1.29, 1.82) is 0 Å². The number of nitrogens with zero attached hydrogens (tertiary/aromatic N) is 6. The average molecular weight is 592 g/mol. The zero-order valence-electron chi connectivity index (χ0n) is 24.9. The van der Waals surface area contributed by atoms with Crippen molar-refractivity contribution < 1.29 is 23.0 Å². The topological polar surface area (TPSA) is 107 Å². The van der Waals surface area contributed by atoms with E-state index in [2.05, 4.69) is 39.1 Å². The van der Waals surface area contributed by atoms with E-state index >= 15 is 4.39 Å². The van der Waals surface area contributed by atoms with Crippen LogP contribution in [0.15, 0.2) is 36.7 Å². The molecule has 0 aliphatic carbocycles. The highest BCUT2D eigenvalue weighted by Gasteiger charge is 2.33. The zero-order chi connectivity index (χ0) is 30.5. The van der Waals surface area contributed by atoms with Crippen molar-refractivity contribution in [3.63, 3.8) is 0 Å². The normalized spacial score (nSPS) is 16.8. The zero-order valence-corrected chi connectivity index (χ0v) is 24.9. The average Bonchev–Trinajstić information content (AvgIpc) is 3.47. The summed E-state index contributed by atoms with van der Waals surface area (Å²) in [5.74, 6) is 0.769. The second-order valence-electron chi connectivity index (χ2n) is 12.7. The Kier molecular flexibility index (Phi) is 7.18. The second kappa shape index (κ2) is 10.7. The van der Waals surface area contributed by atoms with Crippen LogP contribution >= 0.6 is 0 Å². The van der Waals surface area contributed by atoms with Gasteiger partial charge in [-0.1, -0.05) is 0 Å². The Morgan fingerprint density at radius 1 is 1.05 bits per heavy atom. The molecule has 1 fully saturated rings. The molecule has 5 heterocycles. The van der Waals surface area contributed by atoms with Crippen LogP contribution in [0.3, 0.4) is 0 Å². The molecule has 0 bridgehead atoms. The SMILES string of the molecule is CC(C)(C)OC(=O)N1CCC(Oc2ccc(Nc3ncc(F)c(-c4cc(F)c5nc6n(c5c4)C(C)(C)CC6)n3)nc2)CC1. The van der Waals surface area contributed by atoms with Crippen molar-refractivity contribution in [1.82, 2.24) is 29.4 Å². The van der Waals surface area contributed by atoms with Crippen molar-refractivity contribution in [3.8, 4) is 17.0 Å². The first-order valence-electron chi connectivity index (χ1n) is 14.5. The van der Waals surface area contributed by atoms with Crippen LogP contribution in [0.4, 0.5) is 25.3 Å². The highest BCUT2D eigenvalue weighted by molar-refractivity contribution is 5.83. The summed E-state index contributed by atoms with van der Waals surface area (Å²) in [6.07, 6.45) is 5.29. The molecule has 1 saturated heterocycles. The molecule has 0 saturated carbocycles. The molecule has 1 aromatic carbocycles. The third-order valence-electron chi connectivity index (χ3n) is 7.74. The second-order valence-corrected chi connectivity index (χ2v) is 12.7. The van der Waals surface area contributed by atoms with E-state index in [1.165, 1.54) is 6.07 Å². The van der Waals surface area contributed by atoms with Crippen molar-refractivity contribution >= 4 is 28.9 Å². The quantitative estimate of drug-likeness (QED) is 0.285. The Morgan fingerprint density at radius 3 is 2.51 bits per heavy atom. The summed E-state index contributed by atoms with van der Waals surface area (Å²) in [6, 6.07) is 6.47. The number of aromatic nitrogens is 5. The number of anilines is 2. The van der Waals surface area contributed by atoms with Crippen molar-refractivity contribution in [2.24, 2.45) is 0 Å². The molecule has 3 aromatic heterocycles. The van der Waals surface area contributed by atoms with Gasteiger partial charge in [-0.15, -0.1) is 0 Å². The van der Waals surface area contributed by atoms with Gasteiger partial charge >= 0.3 is 6.09 Å². The first-order valence-corrected chi connectivity index (χ1v) is 14.5. The van der Waals surface area contributed by atoms with E-state index in [9.17, 15) is 9.18 Å². The van der Waals surface area contributed by atoms with Crippen molar-refractivity contribution in [3.05, 3.63) is 54.1 Å². The summed E-state index contributed by atoms with van der Waals surface area (Å²) >= 11 is 0. The number of pyridine rings is 1. The fraction of sp³-hybridized carbons (Fsp3) is 0.452. The smallest absolute Gasteiger partial charge is 0.410 e. The van der Waals surface area contributed by atoms with Gasteiger partial charge in [-0.05, 0) is 65.3 Å². The van der Waals surface area contributed by atoms with E-state index in [1.807, 2.05) is 25.3 Å². The lowest BCUT2D eigenvalue weighted by Crippen LogP contribution is -2.44. The maximum atomic E-state index is 15.1. The molecule has 1 N–H and O–H groups in total. The number of benzene rings is 1. The van der Waals surface area contributed by atoms with E-state index in [4.69, 9.17) is 9.47 Å². The third kappa shape index (κ3) is 5.95. The molecule has 1 amide bonds. The van der Waals surface area contributed by atoms with Gasteiger partial charge in [0.25, 0.3) is 0 Å². The first-order chi connectivity index (χ1) is 20.4. The molecule has 0 radical (unpaired) electrons. The van der Waals surface area contributed by atoms with Gasteiger partial charge in [0.1, 0.15) is 40.3 Å². The summed E-state index contributed by atoms with van der Waals surface area (Å²) in [7, 11) is 0. The van der Waals surface area contributed by atoms with Gasteiger partial charge in [0.2, 0.25) is 5.95 Å². The molecule has 4 aromatic rings. The lowest BCUT2D eigenvalue weighted by Gasteiger charge is -2.33. The van der Waals surface area contributed by atoms with Gasteiger partial charge < -0.3 is 24.3 Å². The Morgan fingerprint density at radius 2 is 1.81 bits per heavy atom. The molecule has 12 heteroatoms. The van der Waals surface area contributed by atoms with Crippen LogP contribution in [0.1, 0.15) is 59.7 Å². The van der Waals surface area contributed by atoms with E-state index < -0.39 is 17.2 Å². The van der Waals surface area contributed by atoms with Crippen LogP contribution in [0, 0.1) is 11.6 Å². The van der Waals surface area contributed by atoms with E-state index in [0.29, 0.717) is 48.6 Å². The predicted molar refractivity (Wildman–Crippen MR) is 157 cm³/mol. The molecule has 43 heavy (non-hydrogen) atoms. The number of hydrogen-bond donors (Lipinski definition) is 1. The first kappa shape index (κ1) is 28.8. The number of amides is 1. The lowest BCUT2D eigenvalue weighted by atomic mass is 10.0. The van der Waals surface area contributed by atoms with Crippen LogP contribution in [0.25, 0.3) is 22.3 Å². The molecule has 2 aliphatic heterocycles. The third-order valence-corrected chi connectivity index (χ3v) is 7.74. The number of piperidine rings is 1. The van der Waals surface area contributed by atoms with Gasteiger partial charge in [-0.2, -0.15) is 0 Å². The Bertz CT molecular complexity index is 1670. The van der Waals surface area contributed by atoms with Crippen molar-refractivity contribution in [2.45, 2.75) is 77.5 Å². The van der Waals surface area contributed by atoms with Crippen molar-refractivity contribution in [2.75, 3.05) is 18.4 Å². The molecule has 226 valence electrons. The number of carbonyl (C=O) groups excluding carboxylic acids is 1. The highest BCUT2D eigenvalue weighted by Crippen LogP contribution is 2.38. The number of carbonyl (C=O) groups is 1. The summed E-state index contributed by atoms with van der Waals surface area (Å²) in [6.45, 7) is 10.8. The van der Waals surface area contributed by atoms with E-state index in [1.54, 1.807) is 29.3 Å².